The SMILES string of the molecule is CC(CC(=O)O)C(=O)c1cccc(Br)c1. The zero-order chi connectivity index (χ0) is 11.4. The van der Waals surface area contributed by atoms with Crippen LogP contribution in [0.3, 0.4) is 0 Å². The third-order valence-corrected chi connectivity index (χ3v) is 2.53. The molecule has 0 bridgehead atoms. The fraction of sp³-hybridized carbons (Fsp3) is 0.273. The van der Waals surface area contributed by atoms with Crippen LogP contribution in [-0.2, 0) is 4.79 Å². The molecule has 0 spiro atoms. The number of ketones is 1. The zero-order valence-corrected chi connectivity index (χ0v) is 9.82. The molecule has 3 nitrogen and oxygen atoms in total. The molecule has 1 aromatic rings. The molecule has 15 heavy (non-hydrogen) atoms. The lowest BCUT2D eigenvalue weighted by Gasteiger charge is -2.07. The maximum Gasteiger partial charge on any atom is 0.304 e. The van der Waals surface area contributed by atoms with Gasteiger partial charge in [-0.3, -0.25) is 9.59 Å². The van der Waals surface area contributed by atoms with Gasteiger partial charge in [-0.15, -0.1) is 0 Å². The van der Waals surface area contributed by atoms with Gasteiger partial charge < -0.3 is 5.11 Å². The van der Waals surface area contributed by atoms with Gasteiger partial charge in [-0.25, -0.2) is 0 Å². The lowest BCUT2D eigenvalue weighted by atomic mass is 9.97. The summed E-state index contributed by atoms with van der Waals surface area (Å²) < 4.78 is 0.816. The minimum atomic E-state index is -0.953. The molecule has 0 radical (unpaired) electrons. The second kappa shape index (κ2) is 5.07. The minimum Gasteiger partial charge on any atom is -0.481 e. The average Bonchev–Trinajstić information content (AvgIpc) is 2.15. The minimum absolute atomic E-state index is 0.134. The number of carbonyl (C=O) groups is 2. The van der Waals surface area contributed by atoms with Gasteiger partial charge >= 0.3 is 5.97 Å². The Hall–Kier alpha value is -1.16. The summed E-state index contributed by atoms with van der Waals surface area (Å²) in [5.41, 5.74) is 0.540. The van der Waals surface area contributed by atoms with Crippen molar-refractivity contribution in [2.45, 2.75) is 13.3 Å². The van der Waals surface area contributed by atoms with Crippen molar-refractivity contribution < 1.29 is 14.7 Å². The van der Waals surface area contributed by atoms with Crippen molar-refractivity contribution >= 4 is 27.7 Å². The predicted molar refractivity (Wildman–Crippen MR) is 59.9 cm³/mol. The molecule has 1 rings (SSSR count). The summed E-state index contributed by atoms with van der Waals surface area (Å²) in [5.74, 6) is -1.58. The first-order valence-corrected chi connectivity index (χ1v) is 5.31. The number of carboxylic acid groups (broad SMARTS) is 1. The molecule has 0 aromatic heterocycles. The standard InChI is InChI=1S/C11H11BrO3/c1-7(5-10(13)14)11(15)8-3-2-4-9(12)6-8/h2-4,6-7H,5H2,1H3,(H,13,14). The lowest BCUT2D eigenvalue weighted by Crippen LogP contribution is -2.15. The van der Waals surface area contributed by atoms with Crippen LogP contribution in [-0.4, -0.2) is 16.9 Å². The van der Waals surface area contributed by atoms with E-state index in [1.54, 1.807) is 25.1 Å². The second-order valence-electron chi connectivity index (χ2n) is 3.37. The Morgan fingerprint density at radius 3 is 2.67 bits per heavy atom. The highest BCUT2D eigenvalue weighted by atomic mass is 79.9. The van der Waals surface area contributed by atoms with Crippen LogP contribution >= 0.6 is 15.9 Å². The smallest absolute Gasteiger partial charge is 0.304 e. The van der Waals surface area contributed by atoms with E-state index in [1.807, 2.05) is 6.07 Å². The third kappa shape index (κ3) is 3.47. The van der Waals surface area contributed by atoms with Gasteiger partial charge in [0.25, 0.3) is 0 Å². The number of benzene rings is 1. The van der Waals surface area contributed by atoms with Crippen LogP contribution in [0.4, 0.5) is 0 Å². The van der Waals surface area contributed by atoms with Crippen molar-refractivity contribution in [2.75, 3.05) is 0 Å². The van der Waals surface area contributed by atoms with Crippen LogP contribution in [0.15, 0.2) is 28.7 Å². The van der Waals surface area contributed by atoms with Crippen molar-refractivity contribution in [2.24, 2.45) is 5.92 Å². The molecule has 80 valence electrons. The molecule has 1 atom stereocenters. The van der Waals surface area contributed by atoms with E-state index < -0.39 is 11.9 Å². The Morgan fingerprint density at radius 2 is 2.13 bits per heavy atom. The summed E-state index contributed by atoms with van der Waals surface area (Å²) in [6.07, 6.45) is -0.134. The van der Waals surface area contributed by atoms with Gasteiger partial charge in [0, 0.05) is 16.0 Å². The predicted octanol–water partition coefficient (Wildman–Crippen LogP) is 2.74. The van der Waals surface area contributed by atoms with E-state index in [2.05, 4.69) is 15.9 Å². The van der Waals surface area contributed by atoms with Crippen LogP contribution in [0.5, 0.6) is 0 Å². The molecule has 0 aliphatic rings. The van der Waals surface area contributed by atoms with E-state index in [-0.39, 0.29) is 12.2 Å². The molecule has 1 N–H and O–H groups in total. The van der Waals surface area contributed by atoms with Crippen molar-refractivity contribution in [3.8, 4) is 0 Å². The first kappa shape index (κ1) is 11.9. The van der Waals surface area contributed by atoms with Gasteiger partial charge in [-0.2, -0.15) is 0 Å². The molecular formula is C11H11BrO3. The summed E-state index contributed by atoms with van der Waals surface area (Å²) in [7, 11) is 0. The lowest BCUT2D eigenvalue weighted by molar-refractivity contribution is -0.137. The summed E-state index contributed by atoms with van der Waals surface area (Å²) in [6.45, 7) is 1.62. The second-order valence-corrected chi connectivity index (χ2v) is 4.29. The molecule has 0 heterocycles. The topological polar surface area (TPSA) is 54.4 Å². The van der Waals surface area contributed by atoms with Crippen molar-refractivity contribution in [3.05, 3.63) is 34.3 Å². The van der Waals surface area contributed by atoms with Gasteiger partial charge in [0.05, 0.1) is 6.42 Å². The van der Waals surface area contributed by atoms with E-state index >= 15 is 0 Å². The maximum atomic E-state index is 11.7. The molecule has 0 aliphatic heterocycles. The van der Waals surface area contributed by atoms with E-state index in [4.69, 9.17) is 5.11 Å². The first-order valence-electron chi connectivity index (χ1n) is 4.52. The maximum absolute atomic E-state index is 11.7. The normalized spacial score (nSPS) is 12.1. The average molecular weight is 271 g/mol. The fourth-order valence-electron chi connectivity index (χ4n) is 1.28. The van der Waals surface area contributed by atoms with E-state index in [0.717, 1.165) is 4.47 Å². The molecule has 1 unspecified atom stereocenters. The number of carboxylic acids is 1. The van der Waals surface area contributed by atoms with Crippen molar-refractivity contribution in [3.63, 3.8) is 0 Å². The summed E-state index contributed by atoms with van der Waals surface area (Å²) in [5, 5.41) is 8.57. The molecule has 0 saturated heterocycles. The van der Waals surface area contributed by atoms with Crippen molar-refractivity contribution in [1.29, 1.82) is 0 Å². The molecule has 0 aliphatic carbocycles. The van der Waals surface area contributed by atoms with Crippen molar-refractivity contribution in [1.82, 2.24) is 0 Å². The molecule has 4 heteroatoms. The number of hydrogen-bond donors (Lipinski definition) is 1. The Balaban J connectivity index is 2.80. The highest BCUT2D eigenvalue weighted by Crippen LogP contribution is 2.16. The largest absolute Gasteiger partial charge is 0.481 e. The van der Waals surface area contributed by atoms with Crippen LogP contribution in [0.25, 0.3) is 0 Å². The van der Waals surface area contributed by atoms with E-state index in [0.29, 0.717) is 5.56 Å². The van der Waals surface area contributed by atoms with Crippen LogP contribution in [0.2, 0.25) is 0 Å². The van der Waals surface area contributed by atoms with Gasteiger partial charge in [-0.05, 0) is 12.1 Å². The number of halogens is 1. The number of carbonyl (C=O) groups excluding carboxylic acids is 1. The summed E-state index contributed by atoms with van der Waals surface area (Å²) in [6, 6.07) is 6.95. The fourth-order valence-corrected chi connectivity index (χ4v) is 1.68. The Labute approximate surface area is 96.2 Å². The number of Topliss-reactive ketones (excluding diaryl/α,β-unsaturated/α-hetero) is 1. The highest BCUT2D eigenvalue weighted by molar-refractivity contribution is 9.10. The monoisotopic (exact) mass is 270 g/mol. The number of rotatable bonds is 4. The molecular weight excluding hydrogens is 260 g/mol. The Kier molecular flexibility index (Phi) is 4.03. The number of aliphatic carboxylic acids is 1. The molecule has 0 saturated carbocycles. The summed E-state index contributed by atoms with van der Waals surface area (Å²) >= 11 is 3.26. The quantitative estimate of drug-likeness (QED) is 0.856. The van der Waals surface area contributed by atoms with Crippen LogP contribution in [0, 0.1) is 5.92 Å². The summed E-state index contributed by atoms with van der Waals surface area (Å²) in [4.78, 5) is 22.2. The van der Waals surface area contributed by atoms with Crippen LogP contribution < -0.4 is 0 Å². The molecule has 0 fully saturated rings. The zero-order valence-electron chi connectivity index (χ0n) is 8.24. The Morgan fingerprint density at radius 1 is 1.47 bits per heavy atom. The van der Waals surface area contributed by atoms with E-state index in [9.17, 15) is 9.59 Å². The molecule has 0 amide bonds. The number of hydrogen-bond acceptors (Lipinski definition) is 2. The third-order valence-electron chi connectivity index (χ3n) is 2.04. The van der Waals surface area contributed by atoms with Gasteiger partial charge in [0.1, 0.15) is 0 Å². The molecule has 1 aromatic carbocycles. The van der Waals surface area contributed by atoms with E-state index in [1.165, 1.54) is 0 Å². The highest BCUT2D eigenvalue weighted by Gasteiger charge is 2.17. The van der Waals surface area contributed by atoms with Gasteiger partial charge in [0.2, 0.25) is 0 Å². The first-order chi connectivity index (χ1) is 7.00. The van der Waals surface area contributed by atoms with Gasteiger partial charge in [-0.1, -0.05) is 35.0 Å². The Bertz CT molecular complexity index is 387. The van der Waals surface area contributed by atoms with Gasteiger partial charge in [0.15, 0.2) is 5.78 Å². The van der Waals surface area contributed by atoms with Crippen LogP contribution in [0.1, 0.15) is 23.7 Å².